The van der Waals surface area contributed by atoms with Crippen molar-refractivity contribution < 1.29 is 4.79 Å². The highest BCUT2D eigenvalue weighted by atomic mass is 16.1. The molecule has 1 aliphatic rings. The number of carbonyl (C=O) groups is 1. The van der Waals surface area contributed by atoms with Gasteiger partial charge in [-0.05, 0) is 37.8 Å². The largest absolute Gasteiger partial charge is 0.299 e. The van der Waals surface area contributed by atoms with E-state index in [0.29, 0.717) is 11.7 Å². The Kier molecular flexibility index (Phi) is 5.02. The molecule has 2 rings (SSSR count). The third-order valence-electron chi connectivity index (χ3n) is 3.54. The van der Waals surface area contributed by atoms with Gasteiger partial charge in [0.1, 0.15) is 5.78 Å². The smallest absolute Gasteiger partial charge is 0.135 e. The molecule has 0 spiro atoms. The number of hydrogen-bond acceptors (Lipinski definition) is 1. The number of ketones is 1. The van der Waals surface area contributed by atoms with Crippen molar-refractivity contribution in [3.63, 3.8) is 0 Å². The summed E-state index contributed by atoms with van der Waals surface area (Å²) in [6.45, 7) is 0. The van der Waals surface area contributed by atoms with E-state index in [1.807, 2.05) is 30.3 Å². The second-order valence-electron chi connectivity index (χ2n) is 4.97. The summed E-state index contributed by atoms with van der Waals surface area (Å²) < 4.78 is 0. The number of unbranched alkanes of at least 4 members (excludes halogenated alkanes) is 1. The zero-order chi connectivity index (χ0) is 12.6. The molecule has 94 valence electrons. The van der Waals surface area contributed by atoms with Crippen LogP contribution in [0.1, 0.15) is 50.5 Å². The van der Waals surface area contributed by atoms with Gasteiger partial charge in [0.25, 0.3) is 0 Å². The molecule has 0 amide bonds. The Hall–Kier alpha value is -1.55. The van der Waals surface area contributed by atoms with Crippen molar-refractivity contribution in [1.29, 1.82) is 0 Å². The van der Waals surface area contributed by atoms with Crippen molar-refractivity contribution in [3.8, 4) is 11.8 Å². The Morgan fingerprint density at radius 2 is 2.00 bits per heavy atom. The predicted molar refractivity (Wildman–Crippen MR) is 74.1 cm³/mol. The van der Waals surface area contributed by atoms with Crippen LogP contribution < -0.4 is 0 Å². The Morgan fingerprint density at radius 1 is 1.17 bits per heavy atom. The van der Waals surface area contributed by atoms with Crippen LogP contribution in [-0.2, 0) is 4.79 Å². The minimum atomic E-state index is 0.331. The molecule has 1 nitrogen and oxygen atoms in total. The van der Waals surface area contributed by atoms with Crippen molar-refractivity contribution >= 4 is 5.78 Å². The Bertz CT molecular complexity index is 436. The normalized spacial score (nSPS) is 19.1. The van der Waals surface area contributed by atoms with Crippen LogP contribution in [0.2, 0.25) is 0 Å². The lowest BCUT2D eigenvalue weighted by Gasteiger charge is -2.19. The molecule has 0 radical (unpaired) electrons. The summed E-state index contributed by atoms with van der Waals surface area (Å²) in [5.74, 6) is 7.17. The number of Topliss-reactive ketones (excluding diaryl/α,β-unsaturated/α-hetero) is 1. The molecule has 0 saturated heterocycles. The minimum Gasteiger partial charge on any atom is -0.299 e. The van der Waals surface area contributed by atoms with E-state index in [2.05, 4.69) is 11.8 Å². The average Bonchev–Trinajstić information content (AvgIpc) is 2.42. The van der Waals surface area contributed by atoms with E-state index in [-0.39, 0.29) is 0 Å². The maximum Gasteiger partial charge on any atom is 0.135 e. The lowest BCUT2D eigenvalue weighted by atomic mass is 9.84. The number of carbonyl (C=O) groups excluding carboxylic acids is 1. The highest BCUT2D eigenvalue weighted by Crippen LogP contribution is 2.24. The molecule has 1 heteroatoms. The Balaban J connectivity index is 1.70. The van der Waals surface area contributed by atoms with Gasteiger partial charge in [0.15, 0.2) is 0 Å². The van der Waals surface area contributed by atoms with Crippen LogP contribution in [0.25, 0.3) is 0 Å². The molecule has 1 aromatic carbocycles. The molecule has 0 aromatic heterocycles. The van der Waals surface area contributed by atoms with Crippen LogP contribution in [0.15, 0.2) is 30.3 Å². The number of benzene rings is 1. The molecule has 1 atom stereocenters. The molecule has 0 heterocycles. The first kappa shape index (κ1) is 12.9. The van der Waals surface area contributed by atoms with Crippen LogP contribution in [0.5, 0.6) is 0 Å². The van der Waals surface area contributed by atoms with Gasteiger partial charge in [-0.1, -0.05) is 36.5 Å². The fourth-order valence-corrected chi connectivity index (χ4v) is 2.48. The van der Waals surface area contributed by atoms with E-state index in [9.17, 15) is 4.79 Å². The number of hydrogen-bond donors (Lipinski definition) is 0. The molecular formula is C17H20O. The van der Waals surface area contributed by atoms with Crippen molar-refractivity contribution in [1.82, 2.24) is 0 Å². The zero-order valence-corrected chi connectivity index (χ0v) is 10.8. The van der Waals surface area contributed by atoms with Gasteiger partial charge in [-0.25, -0.2) is 0 Å². The van der Waals surface area contributed by atoms with E-state index in [0.717, 1.165) is 44.1 Å². The summed E-state index contributed by atoms with van der Waals surface area (Å²) >= 11 is 0. The lowest BCUT2D eigenvalue weighted by Crippen LogP contribution is -2.18. The zero-order valence-electron chi connectivity index (χ0n) is 10.8. The van der Waals surface area contributed by atoms with E-state index in [4.69, 9.17) is 0 Å². The Labute approximate surface area is 110 Å². The lowest BCUT2D eigenvalue weighted by molar-refractivity contribution is -0.124. The average molecular weight is 240 g/mol. The summed E-state index contributed by atoms with van der Waals surface area (Å²) in [7, 11) is 0. The van der Waals surface area contributed by atoms with Gasteiger partial charge in [0.2, 0.25) is 0 Å². The van der Waals surface area contributed by atoms with Gasteiger partial charge in [0, 0.05) is 24.3 Å². The van der Waals surface area contributed by atoms with E-state index >= 15 is 0 Å². The maximum absolute atomic E-state index is 11.6. The summed E-state index contributed by atoms with van der Waals surface area (Å²) in [6, 6.07) is 10.1. The van der Waals surface area contributed by atoms with E-state index < -0.39 is 0 Å². The highest BCUT2D eigenvalue weighted by Gasteiger charge is 2.20. The van der Waals surface area contributed by atoms with E-state index in [1.54, 1.807) is 0 Å². The molecule has 0 N–H and O–H groups in total. The first-order chi connectivity index (χ1) is 8.86. The van der Waals surface area contributed by atoms with Crippen LogP contribution >= 0.6 is 0 Å². The monoisotopic (exact) mass is 240 g/mol. The molecular weight excluding hydrogens is 220 g/mol. The summed E-state index contributed by atoms with van der Waals surface area (Å²) in [6.07, 6.45) is 7.22. The first-order valence-electron chi connectivity index (χ1n) is 6.93. The minimum absolute atomic E-state index is 0.331. The highest BCUT2D eigenvalue weighted by molar-refractivity contribution is 5.81. The summed E-state index contributed by atoms with van der Waals surface area (Å²) in [5, 5.41) is 0. The fourth-order valence-electron chi connectivity index (χ4n) is 2.48. The second kappa shape index (κ2) is 7.01. The predicted octanol–water partition coefficient (Wildman–Crippen LogP) is 3.97. The molecule has 18 heavy (non-hydrogen) atoms. The van der Waals surface area contributed by atoms with Crippen molar-refractivity contribution in [2.24, 2.45) is 5.92 Å². The summed E-state index contributed by atoms with van der Waals surface area (Å²) in [5.41, 5.74) is 1.08. The van der Waals surface area contributed by atoms with Crippen molar-refractivity contribution in [2.45, 2.75) is 44.9 Å². The Morgan fingerprint density at radius 3 is 2.78 bits per heavy atom. The fraction of sp³-hybridized carbons (Fsp3) is 0.471. The standard InChI is InChI=1S/C17H20O/c18-17-14-8-7-13-16(17)12-6-2-5-11-15-9-3-1-4-10-15/h1,3-4,9-10,16H,2,6-8,12-14H2. The maximum atomic E-state index is 11.6. The van der Waals surface area contributed by atoms with Gasteiger partial charge in [-0.3, -0.25) is 4.79 Å². The molecule has 1 fully saturated rings. The van der Waals surface area contributed by atoms with Crippen LogP contribution in [0.3, 0.4) is 0 Å². The van der Waals surface area contributed by atoms with Crippen LogP contribution in [0.4, 0.5) is 0 Å². The topological polar surface area (TPSA) is 17.1 Å². The van der Waals surface area contributed by atoms with Crippen molar-refractivity contribution in [3.05, 3.63) is 35.9 Å². The van der Waals surface area contributed by atoms with Gasteiger partial charge in [-0.2, -0.15) is 0 Å². The molecule has 0 bridgehead atoms. The second-order valence-corrected chi connectivity index (χ2v) is 4.97. The van der Waals surface area contributed by atoms with Crippen LogP contribution in [0, 0.1) is 17.8 Å². The number of rotatable bonds is 3. The summed E-state index contributed by atoms with van der Waals surface area (Å²) in [4.78, 5) is 11.6. The van der Waals surface area contributed by atoms with Gasteiger partial charge in [0.05, 0.1) is 0 Å². The molecule has 0 aliphatic heterocycles. The molecule has 1 aromatic rings. The van der Waals surface area contributed by atoms with E-state index in [1.165, 1.54) is 6.42 Å². The van der Waals surface area contributed by atoms with Gasteiger partial charge >= 0.3 is 0 Å². The van der Waals surface area contributed by atoms with Crippen LogP contribution in [-0.4, -0.2) is 5.78 Å². The SMILES string of the molecule is O=C1CCCCC1CCCC#Cc1ccccc1. The van der Waals surface area contributed by atoms with Crippen molar-refractivity contribution in [2.75, 3.05) is 0 Å². The third kappa shape index (κ3) is 4.04. The van der Waals surface area contributed by atoms with Gasteiger partial charge < -0.3 is 0 Å². The molecule has 1 unspecified atom stereocenters. The molecule has 1 saturated carbocycles. The molecule has 1 aliphatic carbocycles. The first-order valence-corrected chi connectivity index (χ1v) is 6.93. The quantitative estimate of drug-likeness (QED) is 0.577. The third-order valence-corrected chi connectivity index (χ3v) is 3.54. The van der Waals surface area contributed by atoms with Gasteiger partial charge in [-0.15, -0.1) is 0 Å².